The van der Waals surface area contributed by atoms with Crippen LogP contribution in [0.3, 0.4) is 0 Å². The van der Waals surface area contributed by atoms with Crippen LogP contribution in [0, 0.1) is 0 Å². The molecule has 0 unspecified atom stereocenters. The second-order valence-electron chi connectivity index (χ2n) is 9.10. The number of hydrogen-bond donors (Lipinski definition) is 2. The predicted octanol–water partition coefficient (Wildman–Crippen LogP) is 3.15. The lowest BCUT2D eigenvalue weighted by Crippen LogP contribution is -2.52. The standard InChI is InChI=1S/C21H35N3O3S/c1-20(2,3)23-28(26,27)18-12-10-17(11-13-18)19(25)22-16-21(24(4)5)14-8-6-7-9-15-21/h10-13,23H,6-9,14-16H2,1-5H3,(H,22,25). The highest BCUT2D eigenvalue weighted by Crippen LogP contribution is 2.30. The van der Waals surface area contributed by atoms with Gasteiger partial charge in [0.15, 0.2) is 0 Å². The van der Waals surface area contributed by atoms with Gasteiger partial charge in [0.1, 0.15) is 0 Å². The molecule has 0 spiro atoms. The van der Waals surface area contributed by atoms with Gasteiger partial charge in [0.25, 0.3) is 5.91 Å². The van der Waals surface area contributed by atoms with Crippen LogP contribution in [0.1, 0.15) is 69.7 Å². The summed E-state index contributed by atoms with van der Waals surface area (Å²) in [6.45, 7) is 5.98. The van der Waals surface area contributed by atoms with E-state index in [9.17, 15) is 13.2 Å². The highest BCUT2D eigenvalue weighted by molar-refractivity contribution is 7.89. The maximum atomic E-state index is 12.6. The van der Waals surface area contributed by atoms with Crippen LogP contribution in [0.5, 0.6) is 0 Å². The summed E-state index contributed by atoms with van der Waals surface area (Å²) in [5, 5.41) is 3.07. The topological polar surface area (TPSA) is 78.5 Å². The van der Waals surface area contributed by atoms with Gasteiger partial charge in [-0.1, -0.05) is 25.7 Å². The molecule has 0 aliphatic heterocycles. The molecular formula is C21H35N3O3S. The van der Waals surface area contributed by atoms with Gasteiger partial charge in [-0.25, -0.2) is 13.1 Å². The van der Waals surface area contributed by atoms with Crippen molar-refractivity contribution >= 4 is 15.9 Å². The number of carbonyl (C=O) groups excluding carboxylic acids is 1. The van der Waals surface area contributed by atoms with Gasteiger partial charge in [0.2, 0.25) is 10.0 Å². The number of nitrogens with one attached hydrogen (secondary N) is 2. The Kier molecular flexibility index (Phi) is 7.28. The van der Waals surface area contributed by atoms with E-state index in [4.69, 9.17) is 0 Å². The summed E-state index contributed by atoms with van der Waals surface area (Å²) in [6, 6.07) is 6.11. The Bertz CT molecular complexity index is 757. The van der Waals surface area contributed by atoms with Gasteiger partial charge in [-0.05, 0) is 72.0 Å². The number of nitrogens with zero attached hydrogens (tertiary/aromatic N) is 1. The second-order valence-corrected chi connectivity index (χ2v) is 10.8. The number of amides is 1. The normalized spacial score (nSPS) is 17.9. The van der Waals surface area contributed by atoms with Gasteiger partial charge < -0.3 is 10.2 Å². The number of sulfonamides is 1. The molecule has 0 bridgehead atoms. The first-order valence-corrected chi connectivity index (χ1v) is 11.5. The zero-order chi connectivity index (χ0) is 21.0. The Balaban J connectivity index is 2.06. The van der Waals surface area contributed by atoms with E-state index in [1.165, 1.54) is 37.8 Å². The summed E-state index contributed by atoms with van der Waals surface area (Å²) in [7, 11) is 0.562. The predicted molar refractivity (Wildman–Crippen MR) is 113 cm³/mol. The van der Waals surface area contributed by atoms with Crippen LogP contribution < -0.4 is 10.0 Å². The Morgan fingerprint density at radius 1 is 1.04 bits per heavy atom. The molecule has 1 aromatic rings. The van der Waals surface area contributed by atoms with Gasteiger partial charge in [-0.2, -0.15) is 0 Å². The Morgan fingerprint density at radius 3 is 2.04 bits per heavy atom. The SMILES string of the molecule is CN(C)C1(CNC(=O)c2ccc(S(=O)(=O)NC(C)(C)C)cc2)CCCCCC1. The van der Waals surface area contributed by atoms with E-state index in [0.717, 1.165) is 12.8 Å². The molecular weight excluding hydrogens is 374 g/mol. The average molecular weight is 410 g/mol. The Labute approximate surface area is 170 Å². The summed E-state index contributed by atoms with van der Waals surface area (Å²) in [6.07, 6.45) is 7.03. The summed E-state index contributed by atoms with van der Waals surface area (Å²) >= 11 is 0. The van der Waals surface area contributed by atoms with Crippen molar-refractivity contribution in [1.29, 1.82) is 0 Å². The molecule has 2 rings (SSSR count). The first kappa shape index (κ1) is 22.8. The van der Waals surface area contributed by atoms with Gasteiger partial charge in [0, 0.05) is 23.2 Å². The lowest BCUT2D eigenvalue weighted by molar-refractivity contribution is 0.0869. The van der Waals surface area contributed by atoms with Crippen LogP contribution in [0.4, 0.5) is 0 Å². The molecule has 6 nitrogen and oxygen atoms in total. The lowest BCUT2D eigenvalue weighted by Gasteiger charge is -2.39. The third-order valence-electron chi connectivity index (χ3n) is 5.43. The van der Waals surface area contributed by atoms with Crippen molar-refractivity contribution in [2.45, 2.75) is 75.3 Å². The minimum atomic E-state index is -3.60. The molecule has 0 atom stereocenters. The molecule has 0 radical (unpaired) electrons. The molecule has 28 heavy (non-hydrogen) atoms. The average Bonchev–Trinajstić information content (AvgIpc) is 2.84. The van der Waals surface area contributed by atoms with E-state index in [1.54, 1.807) is 32.9 Å². The van der Waals surface area contributed by atoms with Crippen LogP contribution in [-0.4, -0.2) is 50.9 Å². The molecule has 1 aromatic carbocycles. The number of likely N-dealkylation sites (N-methyl/N-ethyl adjacent to an activating group) is 1. The van der Waals surface area contributed by atoms with Gasteiger partial charge in [-0.3, -0.25) is 4.79 Å². The maximum absolute atomic E-state index is 12.6. The molecule has 1 amide bonds. The molecule has 0 aromatic heterocycles. The third-order valence-corrected chi connectivity index (χ3v) is 7.20. The fraction of sp³-hybridized carbons (Fsp3) is 0.667. The minimum Gasteiger partial charge on any atom is -0.350 e. The van der Waals surface area contributed by atoms with Crippen molar-refractivity contribution in [3.05, 3.63) is 29.8 Å². The Morgan fingerprint density at radius 2 is 1.57 bits per heavy atom. The highest BCUT2D eigenvalue weighted by Gasteiger charge is 2.33. The molecule has 1 saturated carbocycles. The number of benzene rings is 1. The molecule has 2 N–H and O–H groups in total. The van der Waals surface area contributed by atoms with E-state index >= 15 is 0 Å². The Hall–Kier alpha value is -1.44. The fourth-order valence-corrected chi connectivity index (χ4v) is 5.18. The monoisotopic (exact) mass is 409 g/mol. The molecule has 0 saturated heterocycles. The van der Waals surface area contributed by atoms with Crippen LogP contribution in [0.2, 0.25) is 0 Å². The van der Waals surface area contributed by atoms with E-state index < -0.39 is 15.6 Å². The van der Waals surface area contributed by atoms with Crippen molar-refractivity contribution in [2.24, 2.45) is 0 Å². The number of rotatable bonds is 6. The van der Waals surface area contributed by atoms with Gasteiger partial charge >= 0.3 is 0 Å². The van der Waals surface area contributed by atoms with Crippen molar-refractivity contribution in [1.82, 2.24) is 14.9 Å². The van der Waals surface area contributed by atoms with E-state index in [0.29, 0.717) is 12.1 Å². The number of carbonyl (C=O) groups is 1. The molecule has 1 fully saturated rings. The van der Waals surface area contributed by atoms with Gasteiger partial charge in [0.05, 0.1) is 4.90 Å². The molecule has 0 heterocycles. The largest absolute Gasteiger partial charge is 0.350 e. The maximum Gasteiger partial charge on any atom is 0.251 e. The van der Waals surface area contributed by atoms with Crippen LogP contribution in [-0.2, 0) is 10.0 Å². The summed E-state index contributed by atoms with van der Waals surface area (Å²) in [4.78, 5) is 15.0. The van der Waals surface area contributed by atoms with Crippen LogP contribution in [0.15, 0.2) is 29.2 Å². The first-order valence-electron chi connectivity index (χ1n) is 10.0. The number of hydrogen-bond acceptors (Lipinski definition) is 4. The van der Waals surface area contributed by atoms with Crippen molar-refractivity contribution in [3.8, 4) is 0 Å². The third kappa shape index (κ3) is 6.03. The lowest BCUT2D eigenvalue weighted by atomic mass is 9.88. The van der Waals surface area contributed by atoms with Crippen LogP contribution in [0.25, 0.3) is 0 Å². The molecule has 1 aliphatic rings. The smallest absolute Gasteiger partial charge is 0.251 e. The first-order chi connectivity index (χ1) is 13.0. The second kappa shape index (κ2) is 8.93. The van der Waals surface area contributed by atoms with Crippen LogP contribution >= 0.6 is 0 Å². The molecule has 1 aliphatic carbocycles. The highest BCUT2D eigenvalue weighted by atomic mass is 32.2. The van der Waals surface area contributed by atoms with E-state index in [1.807, 2.05) is 0 Å². The fourth-order valence-electron chi connectivity index (χ4n) is 3.76. The van der Waals surface area contributed by atoms with E-state index in [2.05, 4.69) is 29.0 Å². The van der Waals surface area contributed by atoms with Crippen molar-refractivity contribution in [2.75, 3.05) is 20.6 Å². The summed E-state index contributed by atoms with van der Waals surface area (Å²) in [5.74, 6) is -0.168. The zero-order valence-electron chi connectivity index (χ0n) is 17.8. The van der Waals surface area contributed by atoms with Crippen molar-refractivity contribution < 1.29 is 13.2 Å². The molecule has 7 heteroatoms. The van der Waals surface area contributed by atoms with Crippen molar-refractivity contribution in [3.63, 3.8) is 0 Å². The zero-order valence-corrected chi connectivity index (χ0v) is 18.7. The van der Waals surface area contributed by atoms with Gasteiger partial charge in [-0.15, -0.1) is 0 Å². The minimum absolute atomic E-state index is 0.00787. The molecule has 158 valence electrons. The summed E-state index contributed by atoms with van der Waals surface area (Å²) < 4.78 is 27.4. The van der Waals surface area contributed by atoms with E-state index in [-0.39, 0.29) is 16.3 Å². The summed E-state index contributed by atoms with van der Waals surface area (Å²) in [5.41, 5.74) is -0.0996. The quantitative estimate of drug-likeness (QED) is 0.708.